The molecule has 0 spiro atoms. The zero-order valence-corrected chi connectivity index (χ0v) is 26.5. The molecule has 1 aliphatic carbocycles. The third kappa shape index (κ3) is 8.04. The summed E-state index contributed by atoms with van der Waals surface area (Å²) in [5.41, 5.74) is 2.54. The summed E-state index contributed by atoms with van der Waals surface area (Å²) in [6.45, 7) is 2.04. The number of hydrogen-bond acceptors (Lipinski definition) is 8. The van der Waals surface area contributed by atoms with E-state index in [9.17, 15) is 19.2 Å². The van der Waals surface area contributed by atoms with Gasteiger partial charge in [-0.1, -0.05) is 30.3 Å². The van der Waals surface area contributed by atoms with E-state index in [0.29, 0.717) is 21.8 Å². The fraction of sp³-hybridized carbons (Fsp3) is 0.212. The molecule has 2 aromatic carbocycles. The van der Waals surface area contributed by atoms with Gasteiger partial charge in [-0.05, 0) is 86.0 Å². The maximum absolute atomic E-state index is 13.3. The van der Waals surface area contributed by atoms with Crippen molar-refractivity contribution in [3.05, 3.63) is 104 Å². The molecule has 0 saturated heterocycles. The highest BCUT2D eigenvalue weighted by Gasteiger charge is 2.27. The van der Waals surface area contributed by atoms with E-state index in [4.69, 9.17) is 4.74 Å². The van der Waals surface area contributed by atoms with E-state index in [-0.39, 0.29) is 24.0 Å². The lowest BCUT2D eigenvalue weighted by molar-refractivity contribution is -0.114. The van der Waals surface area contributed by atoms with Crippen molar-refractivity contribution in [2.75, 3.05) is 23.0 Å². The number of anilines is 2. The van der Waals surface area contributed by atoms with Crippen molar-refractivity contribution in [2.45, 2.75) is 37.5 Å². The zero-order valence-electron chi connectivity index (χ0n) is 24.0. The molecule has 11 heteroatoms. The normalized spacial score (nSPS) is 12.6. The summed E-state index contributed by atoms with van der Waals surface area (Å²) >= 11 is 4.22. The number of ether oxygens (including phenoxy) is 1. The van der Waals surface area contributed by atoms with Crippen molar-refractivity contribution in [1.29, 1.82) is 0 Å². The molecule has 0 fully saturated rings. The van der Waals surface area contributed by atoms with Gasteiger partial charge in [0.05, 0.1) is 17.9 Å². The summed E-state index contributed by atoms with van der Waals surface area (Å²) in [6, 6.07) is 19.6. The highest BCUT2D eigenvalue weighted by molar-refractivity contribution is 8.00. The largest absolute Gasteiger partial charge is 0.462 e. The fourth-order valence-electron chi connectivity index (χ4n) is 4.70. The first-order valence-electron chi connectivity index (χ1n) is 14.2. The van der Waals surface area contributed by atoms with E-state index >= 15 is 0 Å². The highest BCUT2D eigenvalue weighted by atomic mass is 32.2. The number of rotatable bonds is 11. The Morgan fingerprint density at radius 3 is 2.55 bits per heavy atom. The van der Waals surface area contributed by atoms with Crippen LogP contribution in [-0.2, 0) is 27.2 Å². The van der Waals surface area contributed by atoms with E-state index in [2.05, 4.69) is 16.0 Å². The second-order valence-corrected chi connectivity index (χ2v) is 13.0. The summed E-state index contributed by atoms with van der Waals surface area (Å²) in [6.07, 6.45) is 5.42. The van der Waals surface area contributed by atoms with Crippen LogP contribution < -0.4 is 16.0 Å². The van der Waals surface area contributed by atoms with Crippen LogP contribution in [-0.4, -0.2) is 36.1 Å². The molecule has 0 bridgehead atoms. The molecular weight excluding hydrogens is 615 g/mol. The quantitative estimate of drug-likeness (QED) is 0.0919. The minimum absolute atomic E-state index is 0.106. The van der Waals surface area contributed by atoms with Gasteiger partial charge >= 0.3 is 5.97 Å². The fourth-order valence-corrected chi connectivity index (χ4v) is 7.41. The Balaban J connectivity index is 1.24. The SMILES string of the molecule is CCOC(=O)c1c(NC(=O)CSc2cccc(NC(=O)/C(=C/c3cccs3)NC(=O)c3ccccc3)c2)sc2c1CCCC2. The first kappa shape index (κ1) is 31.2. The van der Waals surface area contributed by atoms with Crippen LogP contribution in [0.5, 0.6) is 0 Å². The van der Waals surface area contributed by atoms with Gasteiger partial charge < -0.3 is 20.7 Å². The van der Waals surface area contributed by atoms with Crippen LogP contribution in [0.4, 0.5) is 10.7 Å². The number of carbonyl (C=O) groups is 4. The molecule has 44 heavy (non-hydrogen) atoms. The highest BCUT2D eigenvalue weighted by Crippen LogP contribution is 2.38. The number of thioether (sulfide) groups is 1. The summed E-state index contributed by atoms with van der Waals surface area (Å²) in [4.78, 5) is 54.5. The topological polar surface area (TPSA) is 114 Å². The number of carbonyl (C=O) groups excluding carboxylic acids is 4. The van der Waals surface area contributed by atoms with Crippen LogP contribution in [0.25, 0.3) is 6.08 Å². The Morgan fingerprint density at radius 2 is 1.77 bits per heavy atom. The van der Waals surface area contributed by atoms with Gasteiger partial charge in [0.25, 0.3) is 11.8 Å². The van der Waals surface area contributed by atoms with Crippen molar-refractivity contribution >= 4 is 74.9 Å². The van der Waals surface area contributed by atoms with Crippen molar-refractivity contribution in [3.8, 4) is 0 Å². The lowest BCUT2D eigenvalue weighted by Gasteiger charge is -2.12. The Labute approximate surface area is 267 Å². The van der Waals surface area contributed by atoms with E-state index in [1.807, 2.05) is 29.6 Å². The van der Waals surface area contributed by atoms with Gasteiger partial charge in [0.1, 0.15) is 10.7 Å². The van der Waals surface area contributed by atoms with Crippen LogP contribution >= 0.6 is 34.4 Å². The average Bonchev–Trinajstić information content (AvgIpc) is 3.68. The van der Waals surface area contributed by atoms with Crippen LogP contribution in [0.2, 0.25) is 0 Å². The third-order valence-electron chi connectivity index (χ3n) is 6.72. The van der Waals surface area contributed by atoms with E-state index < -0.39 is 17.8 Å². The summed E-state index contributed by atoms with van der Waals surface area (Å²) in [7, 11) is 0. The number of aryl methyl sites for hydroxylation is 1. The van der Waals surface area contributed by atoms with Crippen molar-refractivity contribution in [3.63, 3.8) is 0 Å². The van der Waals surface area contributed by atoms with Crippen molar-refractivity contribution < 1.29 is 23.9 Å². The molecule has 0 radical (unpaired) electrons. The van der Waals surface area contributed by atoms with Gasteiger partial charge in [0.15, 0.2) is 0 Å². The minimum Gasteiger partial charge on any atom is -0.462 e. The molecule has 3 amide bonds. The molecule has 5 rings (SSSR count). The predicted molar refractivity (Wildman–Crippen MR) is 178 cm³/mol. The van der Waals surface area contributed by atoms with Gasteiger partial charge in [-0.3, -0.25) is 14.4 Å². The molecule has 4 aromatic rings. The van der Waals surface area contributed by atoms with E-state index in [1.165, 1.54) is 34.4 Å². The van der Waals surface area contributed by atoms with Gasteiger partial charge in [-0.15, -0.1) is 34.4 Å². The van der Waals surface area contributed by atoms with Gasteiger partial charge in [-0.2, -0.15) is 0 Å². The maximum Gasteiger partial charge on any atom is 0.341 e. The molecule has 3 N–H and O–H groups in total. The second-order valence-electron chi connectivity index (χ2n) is 9.85. The molecule has 1 aliphatic rings. The number of hydrogen-bond donors (Lipinski definition) is 3. The first-order valence-corrected chi connectivity index (χ1v) is 16.9. The Kier molecular flexibility index (Phi) is 10.7. The Hall–Kier alpha value is -4.19. The molecule has 8 nitrogen and oxygen atoms in total. The molecule has 0 saturated carbocycles. The Bertz CT molecular complexity index is 1680. The van der Waals surface area contributed by atoms with Crippen LogP contribution in [0.15, 0.2) is 82.7 Å². The molecular formula is C33H31N3O5S3. The van der Waals surface area contributed by atoms with Gasteiger partial charge in [-0.25, -0.2) is 4.79 Å². The standard InChI is InChI=1S/C33H31N3O5S3/c1-2-41-33(40)29-25-15-6-7-16-27(25)44-32(29)36-28(37)20-43-23-13-8-12-22(18-23)34-31(39)26(19-24-14-9-17-42-24)35-30(38)21-10-4-3-5-11-21/h3-5,8-14,17-19H,2,6-7,15-16,20H2,1H3,(H,34,39)(H,35,38)(H,36,37)/b26-19-. The molecule has 2 aromatic heterocycles. The predicted octanol–water partition coefficient (Wildman–Crippen LogP) is 7.01. The zero-order chi connectivity index (χ0) is 30.9. The number of fused-ring (bicyclic) bond motifs is 1. The minimum atomic E-state index is -0.476. The summed E-state index contributed by atoms with van der Waals surface area (Å²) < 4.78 is 5.29. The molecule has 226 valence electrons. The van der Waals surface area contributed by atoms with Crippen LogP contribution in [0.3, 0.4) is 0 Å². The molecule has 0 atom stereocenters. The maximum atomic E-state index is 13.3. The number of nitrogens with one attached hydrogen (secondary N) is 3. The first-order chi connectivity index (χ1) is 21.4. The smallest absolute Gasteiger partial charge is 0.341 e. The van der Waals surface area contributed by atoms with Gasteiger partial charge in [0.2, 0.25) is 5.91 Å². The van der Waals surface area contributed by atoms with E-state index in [1.54, 1.807) is 55.5 Å². The van der Waals surface area contributed by atoms with Crippen LogP contribution in [0, 0.1) is 0 Å². The summed E-state index contributed by atoms with van der Waals surface area (Å²) in [5, 5.41) is 11.0. The molecule has 0 unspecified atom stereocenters. The monoisotopic (exact) mass is 645 g/mol. The van der Waals surface area contributed by atoms with Crippen molar-refractivity contribution in [2.24, 2.45) is 0 Å². The summed E-state index contributed by atoms with van der Waals surface area (Å²) in [5.74, 6) is -1.39. The number of esters is 1. The molecule has 0 aliphatic heterocycles. The van der Waals surface area contributed by atoms with Gasteiger partial charge in [0, 0.05) is 25.9 Å². The molecule has 2 heterocycles. The lowest BCUT2D eigenvalue weighted by Crippen LogP contribution is -2.30. The second kappa shape index (κ2) is 15.0. The Morgan fingerprint density at radius 1 is 0.955 bits per heavy atom. The number of amides is 3. The average molecular weight is 646 g/mol. The van der Waals surface area contributed by atoms with E-state index in [0.717, 1.165) is 45.9 Å². The number of benzene rings is 2. The number of thiophene rings is 2. The lowest BCUT2D eigenvalue weighted by atomic mass is 9.95. The third-order valence-corrected chi connectivity index (χ3v) is 9.74. The van der Waals surface area contributed by atoms with Crippen LogP contribution in [0.1, 0.15) is 55.8 Å². The van der Waals surface area contributed by atoms with Crippen molar-refractivity contribution in [1.82, 2.24) is 5.32 Å².